The van der Waals surface area contributed by atoms with Gasteiger partial charge in [-0.25, -0.2) is 4.79 Å². The molecular formula is C21H19Cl2N3O3. The largest absolute Gasteiger partial charge is 0.444 e. The molecule has 0 saturated heterocycles. The number of hydrogen-bond acceptors (Lipinski definition) is 4. The molecule has 0 aliphatic heterocycles. The lowest BCUT2D eigenvalue weighted by atomic mass is 10.1. The van der Waals surface area contributed by atoms with E-state index in [-0.39, 0.29) is 10.7 Å². The number of rotatable bonds is 5. The average Bonchev–Trinajstić information content (AvgIpc) is 2.95. The number of nitrogens with zero attached hydrogens (tertiary/aromatic N) is 2. The summed E-state index contributed by atoms with van der Waals surface area (Å²) in [6.07, 6.45) is -1.18. The second-order valence-corrected chi connectivity index (χ2v) is 7.29. The topological polar surface area (TPSA) is 73.2 Å². The summed E-state index contributed by atoms with van der Waals surface area (Å²) in [6.45, 7) is 3.51. The number of aromatic nitrogens is 2. The van der Waals surface area contributed by atoms with Gasteiger partial charge in [0, 0.05) is 23.3 Å². The maximum atomic E-state index is 13.0. The Morgan fingerprint density at radius 2 is 1.79 bits per heavy atom. The molecule has 150 valence electrons. The first-order chi connectivity index (χ1) is 13.8. The number of amides is 1. The van der Waals surface area contributed by atoms with Crippen LogP contribution >= 0.6 is 23.2 Å². The average molecular weight is 432 g/mol. The number of aryl methyl sites for hydroxylation is 3. The molecule has 0 saturated carbocycles. The lowest BCUT2D eigenvalue weighted by molar-refractivity contribution is -0.125. The molecule has 0 fully saturated rings. The molecule has 1 amide bonds. The number of anilines is 1. The van der Waals surface area contributed by atoms with Crippen LogP contribution in [0.5, 0.6) is 0 Å². The molecule has 0 aliphatic carbocycles. The third-order valence-corrected chi connectivity index (χ3v) is 5.20. The van der Waals surface area contributed by atoms with Gasteiger partial charge in [0.25, 0.3) is 5.91 Å². The van der Waals surface area contributed by atoms with E-state index in [9.17, 15) is 9.59 Å². The fourth-order valence-electron chi connectivity index (χ4n) is 2.81. The van der Waals surface area contributed by atoms with Gasteiger partial charge in [0.05, 0.1) is 5.69 Å². The van der Waals surface area contributed by atoms with Crippen LogP contribution in [0.1, 0.15) is 33.3 Å². The molecule has 1 atom stereocenters. The second kappa shape index (κ2) is 8.68. The SMILES string of the molecule is Cc1ccc(NC(=O)C(OC(=O)c2c(C)nn(C)c2Cl)c2ccccc2)cc1Cl. The van der Waals surface area contributed by atoms with Crippen molar-refractivity contribution in [3.05, 3.63) is 81.1 Å². The van der Waals surface area contributed by atoms with Crippen molar-refractivity contribution >= 4 is 40.8 Å². The standard InChI is InChI=1S/C21H19Cl2N3O3/c1-12-9-10-15(11-16(12)22)24-20(27)18(14-7-5-4-6-8-14)29-21(28)17-13(2)25-26(3)19(17)23/h4-11,18H,1-3H3,(H,24,27). The molecule has 1 heterocycles. The van der Waals surface area contributed by atoms with E-state index >= 15 is 0 Å². The number of nitrogens with one attached hydrogen (secondary N) is 1. The van der Waals surface area contributed by atoms with E-state index in [1.54, 1.807) is 56.4 Å². The summed E-state index contributed by atoms with van der Waals surface area (Å²) >= 11 is 12.3. The molecule has 0 spiro atoms. The quantitative estimate of drug-likeness (QED) is 0.584. The zero-order valence-corrected chi connectivity index (χ0v) is 17.6. The molecule has 1 aromatic heterocycles. The van der Waals surface area contributed by atoms with Crippen molar-refractivity contribution in [2.24, 2.45) is 7.05 Å². The monoisotopic (exact) mass is 431 g/mol. The highest BCUT2D eigenvalue weighted by atomic mass is 35.5. The summed E-state index contributed by atoms with van der Waals surface area (Å²) in [7, 11) is 1.62. The third-order valence-electron chi connectivity index (χ3n) is 4.36. The van der Waals surface area contributed by atoms with E-state index in [1.807, 2.05) is 13.0 Å². The Labute approximate surface area is 178 Å². The van der Waals surface area contributed by atoms with Gasteiger partial charge in [-0.1, -0.05) is 59.6 Å². The van der Waals surface area contributed by atoms with Gasteiger partial charge in [0.2, 0.25) is 6.10 Å². The van der Waals surface area contributed by atoms with Crippen molar-refractivity contribution < 1.29 is 14.3 Å². The van der Waals surface area contributed by atoms with Crippen molar-refractivity contribution in [2.75, 3.05) is 5.32 Å². The minimum atomic E-state index is -1.18. The Morgan fingerprint density at radius 1 is 1.10 bits per heavy atom. The van der Waals surface area contributed by atoms with Crippen LogP contribution in [0.15, 0.2) is 48.5 Å². The normalized spacial score (nSPS) is 11.8. The molecule has 29 heavy (non-hydrogen) atoms. The predicted molar refractivity (Wildman–Crippen MR) is 112 cm³/mol. The smallest absolute Gasteiger partial charge is 0.344 e. The van der Waals surface area contributed by atoms with Crippen LogP contribution in [-0.4, -0.2) is 21.7 Å². The Morgan fingerprint density at radius 3 is 2.38 bits per heavy atom. The molecule has 2 aromatic carbocycles. The number of benzene rings is 2. The van der Waals surface area contributed by atoms with E-state index in [4.69, 9.17) is 27.9 Å². The Bertz CT molecular complexity index is 1060. The van der Waals surface area contributed by atoms with E-state index < -0.39 is 18.0 Å². The van der Waals surface area contributed by atoms with Crippen LogP contribution in [0.25, 0.3) is 0 Å². The molecule has 3 rings (SSSR count). The number of hydrogen-bond donors (Lipinski definition) is 1. The van der Waals surface area contributed by atoms with Crippen LogP contribution in [0.3, 0.4) is 0 Å². The van der Waals surface area contributed by atoms with E-state index in [0.717, 1.165) is 5.56 Å². The third kappa shape index (κ3) is 4.60. The van der Waals surface area contributed by atoms with Crippen LogP contribution in [0, 0.1) is 13.8 Å². The molecule has 1 unspecified atom stereocenters. The highest BCUT2D eigenvalue weighted by Crippen LogP contribution is 2.26. The van der Waals surface area contributed by atoms with Crippen LogP contribution in [-0.2, 0) is 16.6 Å². The van der Waals surface area contributed by atoms with Crippen molar-refractivity contribution in [3.63, 3.8) is 0 Å². The zero-order valence-electron chi connectivity index (χ0n) is 16.1. The maximum Gasteiger partial charge on any atom is 0.344 e. The Balaban J connectivity index is 1.89. The van der Waals surface area contributed by atoms with Gasteiger partial charge in [-0.3, -0.25) is 9.48 Å². The van der Waals surface area contributed by atoms with Crippen LogP contribution < -0.4 is 5.32 Å². The highest BCUT2D eigenvalue weighted by molar-refractivity contribution is 6.33. The number of carbonyl (C=O) groups is 2. The fourth-order valence-corrected chi connectivity index (χ4v) is 3.24. The molecule has 8 heteroatoms. The Hall–Kier alpha value is -2.83. The maximum absolute atomic E-state index is 13.0. The van der Waals surface area contributed by atoms with E-state index in [0.29, 0.717) is 22.0 Å². The number of ether oxygens (including phenoxy) is 1. The molecule has 0 aliphatic rings. The molecule has 3 aromatic rings. The van der Waals surface area contributed by atoms with Gasteiger partial charge in [-0.2, -0.15) is 5.10 Å². The summed E-state index contributed by atoms with van der Waals surface area (Å²) < 4.78 is 6.94. The predicted octanol–water partition coefficient (Wildman–Crippen LogP) is 4.88. The highest BCUT2D eigenvalue weighted by Gasteiger charge is 2.29. The van der Waals surface area contributed by atoms with Crippen molar-refractivity contribution in [1.82, 2.24) is 9.78 Å². The minimum absolute atomic E-state index is 0.126. The lowest BCUT2D eigenvalue weighted by Crippen LogP contribution is -2.26. The van der Waals surface area contributed by atoms with Gasteiger partial charge >= 0.3 is 5.97 Å². The van der Waals surface area contributed by atoms with Crippen molar-refractivity contribution in [1.29, 1.82) is 0 Å². The first-order valence-corrected chi connectivity index (χ1v) is 9.55. The van der Waals surface area contributed by atoms with Gasteiger partial charge in [-0.05, 0) is 31.5 Å². The van der Waals surface area contributed by atoms with E-state index in [2.05, 4.69) is 10.4 Å². The summed E-state index contributed by atoms with van der Waals surface area (Å²) in [5.41, 5.74) is 2.45. The molecule has 0 radical (unpaired) electrons. The summed E-state index contributed by atoms with van der Waals surface area (Å²) in [6, 6.07) is 13.9. The van der Waals surface area contributed by atoms with Gasteiger partial charge in [-0.15, -0.1) is 0 Å². The Kier molecular flexibility index (Phi) is 6.25. The van der Waals surface area contributed by atoms with Gasteiger partial charge in [0.1, 0.15) is 10.7 Å². The summed E-state index contributed by atoms with van der Waals surface area (Å²) in [5.74, 6) is -1.24. The number of esters is 1. The van der Waals surface area contributed by atoms with Crippen molar-refractivity contribution in [2.45, 2.75) is 20.0 Å². The molecule has 6 nitrogen and oxygen atoms in total. The first-order valence-electron chi connectivity index (χ1n) is 8.80. The molecule has 1 N–H and O–H groups in total. The molecular weight excluding hydrogens is 413 g/mol. The van der Waals surface area contributed by atoms with Crippen LogP contribution in [0.4, 0.5) is 5.69 Å². The van der Waals surface area contributed by atoms with E-state index in [1.165, 1.54) is 4.68 Å². The number of carbonyl (C=O) groups excluding carboxylic acids is 2. The molecule has 0 bridgehead atoms. The van der Waals surface area contributed by atoms with Gasteiger partial charge < -0.3 is 10.1 Å². The lowest BCUT2D eigenvalue weighted by Gasteiger charge is -2.18. The van der Waals surface area contributed by atoms with Gasteiger partial charge in [0.15, 0.2) is 0 Å². The first kappa shape index (κ1) is 20.9. The zero-order chi connectivity index (χ0) is 21.1. The fraction of sp³-hybridized carbons (Fsp3) is 0.190. The number of halogens is 2. The summed E-state index contributed by atoms with van der Waals surface area (Å²) in [4.78, 5) is 25.7. The minimum Gasteiger partial charge on any atom is -0.444 e. The second-order valence-electron chi connectivity index (χ2n) is 6.52. The summed E-state index contributed by atoms with van der Waals surface area (Å²) in [5, 5.41) is 7.52. The van der Waals surface area contributed by atoms with Crippen LogP contribution in [0.2, 0.25) is 10.2 Å². The van der Waals surface area contributed by atoms with Crippen molar-refractivity contribution in [3.8, 4) is 0 Å².